The number of nitrogens with one attached hydrogen (secondary N) is 2. The zero-order valence-electron chi connectivity index (χ0n) is 31.8. The van der Waals surface area contributed by atoms with Crippen LogP contribution in [0.2, 0.25) is 0 Å². The van der Waals surface area contributed by atoms with Crippen molar-refractivity contribution in [2.45, 2.75) is 6.54 Å². The number of aliphatic hydroxyl groups excluding tert-OH is 4. The first-order chi connectivity index (χ1) is 27.4. The molecule has 1 heterocycles. The van der Waals surface area contributed by atoms with Crippen LogP contribution in [0.1, 0.15) is 16.7 Å². The first kappa shape index (κ1) is 45.7. The molecular formula is C42H55N6O6S2+. The normalized spacial score (nSPS) is 11.8. The standard InChI is InChI=1S/C42H54N6O6S2/c1-2-35(3-4-36-7-11-39(12-8-36)47(23-27-49)24-28-50)15-18-43-33-41(53)44-19-31-55-56-32-20-45-42(54)34-46-21-16-38(17-22-46)6-5-37-9-13-40(14-10-37)48(25-29-51)26-30-52/h2-18,21-22,49-52H,1,19-20,23-34H2,(H-,44,45,53,54)/p+1. The summed E-state index contributed by atoms with van der Waals surface area (Å²) >= 11 is 0. The highest BCUT2D eigenvalue weighted by Gasteiger charge is 2.09. The molecule has 0 aliphatic heterocycles. The molecule has 14 heteroatoms. The predicted molar refractivity (Wildman–Crippen MR) is 233 cm³/mol. The molecular weight excluding hydrogens is 749 g/mol. The summed E-state index contributed by atoms with van der Waals surface area (Å²) in [6.45, 7) is 7.09. The molecule has 0 bridgehead atoms. The summed E-state index contributed by atoms with van der Waals surface area (Å²) < 4.78 is 1.83. The number of hydrogen-bond donors (Lipinski definition) is 6. The number of pyridine rings is 1. The van der Waals surface area contributed by atoms with Crippen LogP contribution < -0.4 is 25.0 Å². The zero-order chi connectivity index (χ0) is 40.2. The molecule has 12 nitrogen and oxygen atoms in total. The highest BCUT2D eigenvalue weighted by molar-refractivity contribution is 8.76. The Bertz CT molecular complexity index is 1700. The van der Waals surface area contributed by atoms with Crippen molar-refractivity contribution in [2.24, 2.45) is 4.99 Å². The smallest absolute Gasteiger partial charge is 0.286 e. The molecule has 0 saturated heterocycles. The molecule has 3 aromatic rings. The third-order valence-corrected chi connectivity index (χ3v) is 10.5. The average molecular weight is 804 g/mol. The lowest BCUT2D eigenvalue weighted by molar-refractivity contribution is -0.684. The van der Waals surface area contributed by atoms with Crippen molar-refractivity contribution < 1.29 is 34.6 Å². The summed E-state index contributed by atoms with van der Waals surface area (Å²) in [5.41, 5.74) is 5.74. The molecule has 6 N–H and O–H groups in total. The first-order valence-corrected chi connectivity index (χ1v) is 21.0. The zero-order valence-corrected chi connectivity index (χ0v) is 33.4. The van der Waals surface area contributed by atoms with Gasteiger partial charge in [-0.2, -0.15) is 4.57 Å². The Balaban J connectivity index is 1.25. The molecule has 300 valence electrons. The van der Waals surface area contributed by atoms with Crippen LogP contribution in [0.5, 0.6) is 0 Å². The van der Waals surface area contributed by atoms with Gasteiger partial charge in [-0.05, 0) is 52.6 Å². The van der Waals surface area contributed by atoms with E-state index in [0.29, 0.717) is 39.3 Å². The van der Waals surface area contributed by atoms with Crippen molar-refractivity contribution in [1.82, 2.24) is 10.6 Å². The molecule has 3 rings (SSSR count). The van der Waals surface area contributed by atoms with Crippen molar-refractivity contribution in [3.63, 3.8) is 0 Å². The Kier molecular flexibility index (Phi) is 22.7. The SMILES string of the molecule is C=CC(C=Cc1ccc(N(CCO)CCO)cc1)=CC=NCC(=O)NCCSSCCNC(=O)C[n+]1ccc(C=Cc2ccc(N(CCO)CCO)cc2)cc1. The third-order valence-electron chi connectivity index (χ3n) is 8.12. The minimum atomic E-state index is -0.158. The molecule has 2 amide bonds. The fourth-order valence-electron chi connectivity index (χ4n) is 5.21. The van der Waals surface area contributed by atoms with Crippen molar-refractivity contribution in [2.75, 3.05) is 93.5 Å². The van der Waals surface area contributed by atoms with Gasteiger partial charge in [-0.1, -0.05) is 82.8 Å². The number of amides is 2. The maximum atomic E-state index is 12.4. The summed E-state index contributed by atoms with van der Waals surface area (Å²) in [6.07, 6.45) is 16.7. The summed E-state index contributed by atoms with van der Waals surface area (Å²) in [5, 5.41) is 42.8. The van der Waals surface area contributed by atoms with Crippen LogP contribution in [0.4, 0.5) is 11.4 Å². The Hall–Kier alpha value is -4.70. The number of allylic oxidation sites excluding steroid dienone is 4. The number of carbonyl (C=O) groups is 2. The van der Waals surface area contributed by atoms with E-state index in [1.807, 2.05) is 112 Å². The second-order valence-corrected chi connectivity index (χ2v) is 14.9. The largest absolute Gasteiger partial charge is 0.395 e. The number of anilines is 2. The van der Waals surface area contributed by atoms with E-state index in [1.54, 1.807) is 40.0 Å². The lowest BCUT2D eigenvalue weighted by Gasteiger charge is -2.22. The number of nitrogens with zero attached hydrogens (tertiary/aromatic N) is 4. The van der Waals surface area contributed by atoms with Gasteiger partial charge < -0.3 is 40.9 Å². The van der Waals surface area contributed by atoms with Gasteiger partial charge in [0.2, 0.25) is 12.5 Å². The van der Waals surface area contributed by atoms with Crippen LogP contribution in [0.3, 0.4) is 0 Å². The van der Waals surface area contributed by atoms with E-state index in [0.717, 1.165) is 45.1 Å². The average Bonchev–Trinajstić information content (AvgIpc) is 3.21. The molecule has 0 unspecified atom stereocenters. The van der Waals surface area contributed by atoms with Gasteiger partial charge in [0, 0.05) is 80.5 Å². The molecule has 0 radical (unpaired) electrons. The van der Waals surface area contributed by atoms with Crippen molar-refractivity contribution in [3.8, 4) is 0 Å². The molecule has 0 aliphatic carbocycles. The predicted octanol–water partition coefficient (Wildman–Crippen LogP) is 3.24. The van der Waals surface area contributed by atoms with Crippen LogP contribution in [0.15, 0.2) is 108 Å². The quantitative estimate of drug-likeness (QED) is 0.0222. The highest BCUT2D eigenvalue weighted by Crippen LogP contribution is 2.20. The molecule has 0 aliphatic rings. The van der Waals surface area contributed by atoms with E-state index in [-0.39, 0.29) is 51.3 Å². The lowest BCUT2D eigenvalue weighted by Crippen LogP contribution is -2.42. The van der Waals surface area contributed by atoms with Gasteiger partial charge >= 0.3 is 0 Å². The second kappa shape index (κ2) is 27.8. The summed E-state index contributed by atoms with van der Waals surface area (Å²) in [6, 6.07) is 19.7. The number of hydrogen-bond acceptors (Lipinski definition) is 11. The van der Waals surface area contributed by atoms with Gasteiger partial charge in [0.25, 0.3) is 5.91 Å². The Labute approximate surface area is 338 Å². The molecule has 0 spiro atoms. The molecule has 0 atom stereocenters. The van der Waals surface area contributed by atoms with E-state index >= 15 is 0 Å². The molecule has 56 heavy (non-hydrogen) atoms. The maximum Gasteiger partial charge on any atom is 0.286 e. The fourth-order valence-corrected chi connectivity index (χ4v) is 7.02. The van der Waals surface area contributed by atoms with Crippen LogP contribution in [0.25, 0.3) is 18.2 Å². The van der Waals surface area contributed by atoms with Gasteiger partial charge in [0.05, 0.1) is 26.4 Å². The lowest BCUT2D eigenvalue weighted by atomic mass is 10.1. The number of rotatable bonds is 27. The topological polar surface area (TPSA) is 162 Å². The number of aliphatic imine (C=N–C) groups is 1. The Morgan fingerprint density at radius 3 is 1.62 bits per heavy atom. The van der Waals surface area contributed by atoms with Crippen molar-refractivity contribution in [3.05, 3.63) is 120 Å². The highest BCUT2D eigenvalue weighted by atomic mass is 33.1. The minimum absolute atomic E-state index is 0.0143. The Morgan fingerprint density at radius 2 is 1.14 bits per heavy atom. The summed E-state index contributed by atoms with van der Waals surface area (Å²) in [4.78, 5) is 32.6. The van der Waals surface area contributed by atoms with Gasteiger partial charge in [0.15, 0.2) is 12.4 Å². The monoisotopic (exact) mass is 803 g/mol. The van der Waals surface area contributed by atoms with Crippen molar-refractivity contribution >= 4 is 69.2 Å². The number of benzene rings is 2. The van der Waals surface area contributed by atoms with E-state index in [4.69, 9.17) is 0 Å². The molecule has 1 aromatic heterocycles. The van der Waals surface area contributed by atoms with Crippen LogP contribution in [-0.4, -0.2) is 122 Å². The molecule has 0 fully saturated rings. The number of aliphatic hydroxyl groups is 4. The molecule has 0 saturated carbocycles. The van der Waals surface area contributed by atoms with Crippen LogP contribution >= 0.6 is 21.6 Å². The second-order valence-electron chi connectivity index (χ2n) is 12.2. The van der Waals surface area contributed by atoms with E-state index in [2.05, 4.69) is 22.2 Å². The molecule has 2 aromatic carbocycles. The van der Waals surface area contributed by atoms with Gasteiger partial charge in [-0.15, -0.1) is 0 Å². The van der Waals surface area contributed by atoms with E-state index in [9.17, 15) is 30.0 Å². The van der Waals surface area contributed by atoms with Crippen LogP contribution in [0, 0.1) is 0 Å². The fraction of sp³-hybridized carbons (Fsp3) is 0.333. The van der Waals surface area contributed by atoms with Crippen LogP contribution in [-0.2, 0) is 16.1 Å². The summed E-state index contributed by atoms with van der Waals surface area (Å²) in [5.74, 6) is 1.26. The first-order valence-electron chi connectivity index (χ1n) is 18.5. The number of carbonyl (C=O) groups excluding carboxylic acids is 2. The van der Waals surface area contributed by atoms with E-state index in [1.165, 1.54) is 0 Å². The third kappa shape index (κ3) is 18.3. The maximum absolute atomic E-state index is 12.4. The van der Waals surface area contributed by atoms with E-state index < -0.39 is 0 Å². The van der Waals surface area contributed by atoms with Crippen molar-refractivity contribution in [1.29, 1.82) is 0 Å². The van der Waals surface area contributed by atoms with Gasteiger partial charge in [-0.3, -0.25) is 14.6 Å². The minimum Gasteiger partial charge on any atom is -0.395 e. The number of aromatic nitrogens is 1. The van der Waals surface area contributed by atoms with Gasteiger partial charge in [0.1, 0.15) is 6.54 Å². The summed E-state index contributed by atoms with van der Waals surface area (Å²) in [7, 11) is 3.28. The van der Waals surface area contributed by atoms with Gasteiger partial charge in [-0.25, -0.2) is 0 Å². The Morgan fingerprint density at radius 1 is 0.679 bits per heavy atom.